The molecule has 0 atom stereocenters. The molecule has 0 bridgehead atoms. The van der Waals surface area contributed by atoms with E-state index in [0.29, 0.717) is 0 Å². The van der Waals surface area contributed by atoms with Crippen LogP contribution in [0.5, 0.6) is 0 Å². The molecule has 3 nitrogen and oxygen atoms in total. The molecule has 0 aliphatic heterocycles. The summed E-state index contributed by atoms with van der Waals surface area (Å²) < 4.78 is 0. The first-order valence-electron chi connectivity index (χ1n) is 4.43. The Balaban J connectivity index is 3.31. The van der Waals surface area contributed by atoms with Crippen LogP contribution < -0.4 is 0 Å². The second-order valence-corrected chi connectivity index (χ2v) is 3.09. The Morgan fingerprint density at radius 2 is 1.93 bits per heavy atom. The first-order valence-corrected chi connectivity index (χ1v) is 4.43. The second-order valence-electron chi connectivity index (χ2n) is 3.09. The first kappa shape index (κ1) is 10.4. The Labute approximate surface area is 82.4 Å². The summed E-state index contributed by atoms with van der Waals surface area (Å²) >= 11 is 0. The van der Waals surface area contributed by atoms with E-state index >= 15 is 0 Å². The molecule has 1 N–H and O–H groups in total. The molecule has 0 unspecified atom stereocenters. The van der Waals surface area contributed by atoms with Crippen molar-refractivity contribution < 1.29 is 14.7 Å². The zero-order valence-corrected chi connectivity index (χ0v) is 8.20. The van der Waals surface area contributed by atoms with Gasteiger partial charge in [0.1, 0.15) is 0 Å². The van der Waals surface area contributed by atoms with Crippen molar-refractivity contribution in [1.82, 2.24) is 0 Å². The minimum absolute atomic E-state index is 0.0943. The van der Waals surface area contributed by atoms with Crippen LogP contribution in [0.4, 0.5) is 0 Å². The third-order valence-electron chi connectivity index (χ3n) is 2.10. The maximum absolute atomic E-state index is 11.1. The molecular weight excluding hydrogens is 180 g/mol. The standard InChI is InChI=1S/C11H12O3/c1-3-8-4-5-9(7(2)12)10(6-8)11(13)14/h4-6H,3H2,1-2H3,(H,13,14). The highest BCUT2D eigenvalue weighted by molar-refractivity contribution is 6.04. The zero-order valence-electron chi connectivity index (χ0n) is 8.20. The second kappa shape index (κ2) is 4.05. The van der Waals surface area contributed by atoms with E-state index in [4.69, 9.17) is 5.11 Å². The summed E-state index contributed by atoms with van der Waals surface area (Å²) in [6.07, 6.45) is 0.762. The van der Waals surface area contributed by atoms with E-state index in [1.807, 2.05) is 6.92 Å². The highest BCUT2D eigenvalue weighted by atomic mass is 16.4. The van der Waals surface area contributed by atoms with Gasteiger partial charge in [-0.2, -0.15) is 0 Å². The van der Waals surface area contributed by atoms with Gasteiger partial charge in [0.05, 0.1) is 5.56 Å². The maximum Gasteiger partial charge on any atom is 0.336 e. The average Bonchev–Trinajstić information content (AvgIpc) is 2.16. The fourth-order valence-corrected chi connectivity index (χ4v) is 1.30. The summed E-state index contributed by atoms with van der Waals surface area (Å²) in [6.45, 7) is 3.31. The lowest BCUT2D eigenvalue weighted by Crippen LogP contribution is -2.06. The highest BCUT2D eigenvalue weighted by Crippen LogP contribution is 2.13. The van der Waals surface area contributed by atoms with Gasteiger partial charge in [0.2, 0.25) is 0 Å². The van der Waals surface area contributed by atoms with Crippen molar-refractivity contribution in [1.29, 1.82) is 0 Å². The molecule has 0 amide bonds. The number of carboxylic acid groups (broad SMARTS) is 1. The SMILES string of the molecule is CCc1ccc(C(C)=O)c(C(=O)O)c1. The Bertz CT molecular complexity index is 380. The lowest BCUT2D eigenvalue weighted by atomic mass is 10.0. The van der Waals surface area contributed by atoms with Crippen molar-refractivity contribution >= 4 is 11.8 Å². The molecule has 1 aromatic carbocycles. The Hall–Kier alpha value is -1.64. The van der Waals surface area contributed by atoms with E-state index in [1.54, 1.807) is 18.2 Å². The van der Waals surface area contributed by atoms with Crippen molar-refractivity contribution in [3.8, 4) is 0 Å². The lowest BCUT2D eigenvalue weighted by molar-refractivity contribution is 0.0692. The Kier molecular flexibility index (Phi) is 3.02. The van der Waals surface area contributed by atoms with Gasteiger partial charge in [-0.15, -0.1) is 0 Å². The number of benzene rings is 1. The van der Waals surface area contributed by atoms with Crippen molar-refractivity contribution in [2.45, 2.75) is 20.3 Å². The van der Waals surface area contributed by atoms with Gasteiger partial charge in [0, 0.05) is 5.56 Å². The largest absolute Gasteiger partial charge is 0.478 e. The van der Waals surface area contributed by atoms with Crippen LogP contribution in [0.1, 0.15) is 40.1 Å². The van der Waals surface area contributed by atoms with E-state index in [2.05, 4.69) is 0 Å². The number of aromatic carboxylic acids is 1. The van der Waals surface area contributed by atoms with E-state index in [1.165, 1.54) is 6.92 Å². The molecule has 0 radical (unpaired) electrons. The fraction of sp³-hybridized carbons (Fsp3) is 0.273. The summed E-state index contributed by atoms with van der Waals surface area (Å²) in [7, 11) is 0. The van der Waals surface area contributed by atoms with E-state index in [-0.39, 0.29) is 16.9 Å². The number of hydrogen-bond acceptors (Lipinski definition) is 2. The quantitative estimate of drug-likeness (QED) is 0.746. The van der Waals surface area contributed by atoms with Crippen LogP contribution in [0.2, 0.25) is 0 Å². The number of ketones is 1. The third-order valence-corrected chi connectivity index (χ3v) is 2.10. The van der Waals surface area contributed by atoms with E-state index in [9.17, 15) is 9.59 Å². The molecule has 0 aliphatic rings. The van der Waals surface area contributed by atoms with Crippen LogP contribution in [-0.4, -0.2) is 16.9 Å². The number of Topliss-reactive ketones (excluding diaryl/α,β-unsaturated/α-hetero) is 1. The number of carbonyl (C=O) groups is 2. The van der Waals surface area contributed by atoms with Crippen LogP contribution in [0.15, 0.2) is 18.2 Å². The molecule has 0 fully saturated rings. The molecule has 3 heteroatoms. The van der Waals surface area contributed by atoms with Gasteiger partial charge in [0.15, 0.2) is 5.78 Å². The molecule has 74 valence electrons. The normalized spacial score (nSPS) is 9.86. The maximum atomic E-state index is 11.1. The minimum atomic E-state index is -1.05. The van der Waals surface area contributed by atoms with Crippen molar-refractivity contribution in [2.75, 3.05) is 0 Å². The van der Waals surface area contributed by atoms with Gasteiger partial charge in [-0.25, -0.2) is 4.79 Å². The molecule has 0 heterocycles. The van der Waals surface area contributed by atoms with Crippen LogP contribution in [0.25, 0.3) is 0 Å². The molecule has 0 aromatic heterocycles. The lowest BCUT2D eigenvalue weighted by Gasteiger charge is -2.04. The smallest absolute Gasteiger partial charge is 0.336 e. The zero-order chi connectivity index (χ0) is 10.7. The molecule has 0 saturated heterocycles. The molecule has 14 heavy (non-hydrogen) atoms. The predicted molar refractivity (Wildman–Crippen MR) is 52.8 cm³/mol. The molecule has 1 aromatic rings. The van der Waals surface area contributed by atoms with Crippen molar-refractivity contribution in [2.24, 2.45) is 0 Å². The summed E-state index contributed by atoms with van der Waals surface area (Å²) in [5.74, 6) is -1.27. The van der Waals surface area contributed by atoms with Gasteiger partial charge in [-0.1, -0.05) is 19.1 Å². The van der Waals surface area contributed by atoms with Gasteiger partial charge in [-0.05, 0) is 25.0 Å². The van der Waals surface area contributed by atoms with Gasteiger partial charge in [-0.3, -0.25) is 4.79 Å². The number of aryl methyl sites for hydroxylation is 1. The monoisotopic (exact) mass is 192 g/mol. The summed E-state index contributed by atoms with van der Waals surface area (Å²) in [6, 6.07) is 4.91. The summed E-state index contributed by atoms with van der Waals surface area (Å²) in [5, 5.41) is 8.88. The molecular formula is C11H12O3. The third kappa shape index (κ3) is 1.99. The van der Waals surface area contributed by atoms with Gasteiger partial charge < -0.3 is 5.11 Å². The summed E-state index contributed by atoms with van der Waals surface area (Å²) in [4.78, 5) is 21.9. The molecule has 0 spiro atoms. The Morgan fingerprint density at radius 3 is 2.36 bits per heavy atom. The minimum Gasteiger partial charge on any atom is -0.478 e. The van der Waals surface area contributed by atoms with Crippen LogP contribution in [-0.2, 0) is 6.42 Å². The first-order chi connectivity index (χ1) is 6.56. The summed E-state index contributed by atoms with van der Waals surface area (Å²) in [5.41, 5.74) is 1.29. The van der Waals surface area contributed by atoms with Crippen LogP contribution in [0, 0.1) is 0 Å². The van der Waals surface area contributed by atoms with Crippen LogP contribution in [0.3, 0.4) is 0 Å². The van der Waals surface area contributed by atoms with E-state index in [0.717, 1.165) is 12.0 Å². The van der Waals surface area contributed by atoms with Gasteiger partial charge in [0.25, 0.3) is 0 Å². The highest BCUT2D eigenvalue weighted by Gasteiger charge is 2.13. The number of carbonyl (C=O) groups excluding carboxylic acids is 1. The number of rotatable bonds is 3. The topological polar surface area (TPSA) is 54.4 Å². The van der Waals surface area contributed by atoms with Gasteiger partial charge >= 0.3 is 5.97 Å². The number of carboxylic acids is 1. The van der Waals surface area contributed by atoms with Crippen molar-refractivity contribution in [3.63, 3.8) is 0 Å². The fourth-order valence-electron chi connectivity index (χ4n) is 1.30. The molecule has 0 saturated carbocycles. The average molecular weight is 192 g/mol. The number of hydrogen-bond donors (Lipinski definition) is 1. The molecule has 1 rings (SSSR count). The Morgan fingerprint density at radius 1 is 1.29 bits per heavy atom. The van der Waals surface area contributed by atoms with E-state index < -0.39 is 5.97 Å². The van der Waals surface area contributed by atoms with Crippen molar-refractivity contribution in [3.05, 3.63) is 34.9 Å². The predicted octanol–water partition coefficient (Wildman–Crippen LogP) is 2.15. The van der Waals surface area contributed by atoms with Crippen LogP contribution >= 0.6 is 0 Å². The molecule has 0 aliphatic carbocycles.